The highest BCUT2D eigenvalue weighted by atomic mass is 32.1. The average molecular weight is 606 g/mol. The van der Waals surface area contributed by atoms with E-state index in [1.807, 2.05) is 30.3 Å². The van der Waals surface area contributed by atoms with E-state index < -0.39 is 12.0 Å². The number of carbonyl (C=O) groups is 2. The summed E-state index contributed by atoms with van der Waals surface area (Å²) in [5.41, 5.74) is 3.30. The number of carboxylic acid groups (broad SMARTS) is 1. The summed E-state index contributed by atoms with van der Waals surface area (Å²) in [7, 11) is 1.57. The quantitative estimate of drug-likeness (QED) is 0.265. The number of nitrogens with one attached hydrogen (secondary N) is 1. The van der Waals surface area contributed by atoms with Crippen LogP contribution in [0.2, 0.25) is 0 Å². The summed E-state index contributed by atoms with van der Waals surface area (Å²) in [6.45, 7) is 3.49. The van der Waals surface area contributed by atoms with E-state index in [-0.39, 0.29) is 17.0 Å². The summed E-state index contributed by atoms with van der Waals surface area (Å²) in [6, 6.07) is 24.1. The van der Waals surface area contributed by atoms with Gasteiger partial charge < -0.3 is 19.6 Å². The van der Waals surface area contributed by atoms with E-state index in [1.54, 1.807) is 81.6 Å². The fourth-order valence-electron chi connectivity index (χ4n) is 5.27. The molecular formula is C34H27N3O6S. The van der Waals surface area contributed by atoms with Gasteiger partial charge >= 0.3 is 5.97 Å². The fraction of sp³-hybridized carbons (Fsp3) is 0.118. The Morgan fingerprint density at radius 1 is 1.00 bits per heavy atom. The van der Waals surface area contributed by atoms with Crippen LogP contribution < -0.4 is 24.9 Å². The molecule has 0 spiro atoms. The molecule has 0 aliphatic carbocycles. The molecule has 3 heterocycles. The van der Waals surface area contributed by atoms with Gasteiger partial charge in [0.1, 0.15) is 17.3 Å². The Bertz CT molecular complexity index is 2120. The summed E-state index contributed by atoms with van der Waals surface area (Å²) >= 11 is 1.20. The monoisotopic (exact) mass is 605 g/mol. The van der Waals surface area contributed by atoms with Crippen LogP contribution in [0.3, 0.4) is 0 Å². The molecule has 1 aliphatic rings. The van der Waals surface area contributed by atoms with Gasteiger partial charge in [-0.15, -0.1) is 0 Å². The highest BCUT2D eigenvalue weighted by Gasteiger charge is 2.32. The average Bonchev–Trinajstić information content (AvgIpc) is 3.60. The molecule has 2 aromatic heterocycles. The number of fused-ring (bicyclic) bond motifs is 1. The molecule has 0 fully saturated rings. The standard InChI is InChI=1S/C34H27N3O6S/c1-19-25(10-7-11-26(19)33(40)41)27-17-16-24(43-27)18-28-32(39)37-30(21-12-14-23(42-3)15-13-21)29(20(2)35-34(37)44-28)31(38)36-22-8-5-4-6-9-22/h4-18,30H,1-3H3,(H,36,38)(H,40,41)/b28-18+/t30-/m0/s1. The van der Waals surface area contributed by atoms with Crippen LogP contribution in [0.5, 0.6) is 5.75 Å². The van der Waals surface area contributed by atoms with E-state index >= 15 is 0 Å². The normalized spacial score (nSPS) is 14.6. The van der Waals surface area contributed by atoms with Gasteiger partial charge in [0.05, 0.1) is 34.5 Å². The minimum absolute atomic E-state index is 0.190. The molecule has 1 aliphatic heterocycles. The molecule has 1 amide bonds. The lowest BCUT2D eigenvalue weighted by atomic mass is 9.95. The molecule has 3 aromatic carbocycles. The number of aromatic carboxylic acids is 1. The van der Waals surface area contributed by atoms with Crippen molar-refractivity contribution in [2.75, 3.05) is 12.4 Å². The van der Waals surface area contributed by atoms with Gasteiger partial charge in [0, 0.05) is 17.3 Å². The summed E-state index contributed by atoms with van der Waals surface area (Å²) < 4.78 is 13.3. The zero-order valence-electron chi connectivity index (χ0n) is 24.0. The van der Waals surface area contributed by atoms with Crippen LogP contribution in [-0.2, 0) is 4.79 Å². The summed E-state index contributed by atoms with van der Waals surface area (Å²) in [4.78, 5) is 44.5. The maximum absolute atomic E-state index is 14.0. The second-order valence-electron chi connectivity index (χ2n) is 10.2. The number of carboxylic acids is 1. The van der Waals surface area contributed by atoms with Crippen molar-refractivity contribution in [3.63, 3.8) is 0 Å². The number of allylic oxidation sites excluding steroid dienone is 1. The largest absolute Gasteiger partial charge is 0.497 e. The van der Waals surface area contributed by atoms with Crippen molar-refractivity contribution in [3.05, 3.63) is 138 Å². The van der Waals surface area contributed by atoms with Crippen molar-refractivity contribution >= 4 is 35.0 Å². The lowest BCUT2D eigenvalue weighted by Crippen LogP contribution is -2.40. The number of amides is 1. The van der Waals surface area contributed by atoms with Crippen LogP contribution in [-0.4, -0.2) is 28.7 Å². The lowest BCUT2D eigenvalue weighted by molar-refractivity contribution is -0.113. The highest BCUT2D eigenvalue weighted by Crippen LogP contribution is 2.32. The van der Waals surface area contributed by atoms with Crippen LogP contribution in [0.15, 0.2) is 110 Å². The van der Waals surface area contributed by atoms with Gasteiger partial charge in [-0.3, -0.25) is 14.2 Å². The van der Waals surface area contributed by atoms with Gasteiger partial charge in [0.25, 0.3) is 11.5 Å². The molecule has 220 valence electrons. The number of ether oxygens (including phenoxy) is 1. The van der Waals surface area contributed by atoms with Crippen molar-refractivity contribution in [1.82, 2.24) is 4.57 Å². The molecule has 0 unspecified atom stereocenters. The van der Waals surface area contributed by atoms with Gasteiger partial charge in [0.15, 0.2) is 4.80 Å². The number of furan rings is 1. The predicted molar refractivity (Wildman–Crippen MR) is 168 cm³/mol. The number of methoxy groups -OCH3 is 1. The number of benzene rings is 3. The molecule has 10 heteroatoms. The molecule has 6 rings (SSSR count). The molecule has 1 atom stereocenters. The Kier molecular flexibility index (Phi) is 7.59. The minimum atomic E-state index is -1.02. The van der Waals surface area contributed by atoms with Crippen molar-refractivity contribution in [2.45, 2.75) is 19.9 Å². The second-order valence-corrected chi connectivity index (χ2v) is 11.2. The van der Waals surface area contributed by atoms with Crippen molar-refractivity contribution in [2.24, 2.45) is 4.99 Å². The van der Waals surface area contributed by atoms with E-state index in [1.165, 1.54) is 15.9 Å². The van der Waals surface area contributed by atoms with Crippen molar-refractivity contribution < 1.29 is 23.8 Å². The first kappa shape index (κ1) is 28.6. The number of hydrogen-bond acceptors (Lipinski definition) is 7. The van der Waals surface area contributed by atoms with E-state index in [9.17, 15) is 19.5 Å². The van der Waals surface area contributed by atoms with E-state index in [0.717, 1.165) is 5.56 Å². The van der Waals surface area contributed by atoms with Crippen LogP contribution in [0, 0.1) is 6.92 Å². The zero-order chi connectivity index (χ0) is 31.0. The number of anilines is 1. The molecular weight excluding hydrogens is 578 g/mol. The summed E-state index contributed by atoms with van der Waals surface area (Å²) in [5.74, 6) is 0.174. The molecule has 0 radical (unpaired) electrons. The molecule has 5 aromatic rings. The first-order valence-electron chi connectivity index (χ1n) is 13.7. The maximum Gasteiger partial charge on any atom is 0.335 e. The Balaban J connectivity index is 1.44. The van der Waals surface area contributed by atoms with Crippen LogP contribution >= 0.6 is 11.3 Å². The van der Waals surface area contributed by atoms with Gasteiger partial charge in [-0.05, 0) is 67.4 Å². The maximum atomic E-state index is 14.0. The number of rotatable bonds is 7. The molecule has 9 nitrogen and oxygen atoms in total. The third kappa shape index (κ3) is 5.27. The Hall–Kier alpha value is -5.48. The zero-order valence-corrected chi connectivity index (χ0v) is 24.8. The molecule has 0 saturated heterocycles. The summed E-state index contributed by atoms with van der Waals surface area (Å²) in [6.07, 6.45) is 1.64. The number of hydrogen-bond donors (Lipinski definition) is 2. The Labute approximate surface area is 255 Å². The van der Waals surface area contributed by atoms with Gasteiger partial charge in [-0.2, -0.15) is 0 Å². The first-order valence-corrected chi connectivity index (χ1v) is 14.5. The van der Waals surface area contributed by atoms with Crippen LogP contribution in [0.25, 0.3) is 17.4 Å². The third-order valence-corrected chi connectivity index (χ3v) is 8.44. The predicted octanol–water partition coefficient (Wildman–Crippen LogP) is 5.15. The van der Waals surface area contributed by atoms with Gasteiger partial charge in [-0.1, -0.05) is 53.8 Å². The minimum Gasteiger partial charge on any atom is -0.497 e. The lowest BCUT2D eigenvalue weighted by Gasteiger charge is -2.25. The van der Waals surface area contributed by atoms with Crippen LogP contribution in [0.1, 0.15) is 40.2 Å². The molecule has 0 saturated carbocycles. The third-order valence-electron chi connectivity index (χ3n) is 7.46. The fourth-order valence-corrected chi connectivity index (χ4v) is 6.30. The number of aromatic nitrogens is 1. The van der Waals surface area contributed by atoms with Gasteiger partial charge in [-0.25, -0.2) is 9.79 Å². The van der Waals surface area contributed by atoms with E-state index in [4.69, 9.17) is 9.15 Å². The van der Waals surface area contributed by atoms with Gasteiger partial charge in [0.2, 0.25) is 0 Å². The molecule has 44 heavy (non-hydrogen) atoms. The first-order chi connectivity index (χ1) is 21.2. The molecule has 2 N–H and O–H groups in total. The Morgan fingerprint density at radius 2 is 1.75 bits per heavy atom. The van der Waals surface area contributed by atoms with Crippen molar-refractivity contribution in [1.29, 1.82) is 0 Å². The SMILES string of the molecule is COc1ccc([C@H]2C(C(=O)Nc3ccccc3)=C(C)N=c3s/c(=C/c4ccc(-c5cccc(C(=O)O)c5C)o4)c(=O)n32)cc1. The smallest absolute Gasteiger partial charge is 0.335 e. The molecule has 0 bridgehead atoms. The number of thiazole rings is 1. The van der Waals surface area contributed by atoms with Crippen LogP contribution in [0.4, 0.5) is 5.69 Å². The van der Waals surface area contributed by atoms with Crippen molar-refractivity contribution in [3.8, 4) is 17.1 Å². The van der Waals surface area contributed by atoms with E-state index in [2.05, 4.69) is 10.3 Å². The number of carbonyl (C=O) groups excluding carboxylic acids is 1. The second kappa shape index (κ2) is 11.7. The van der Waals surface area contributed by atoms with E-state index in [0.29, 0.717) is 54.7 Å². The highest BCUT2D eigenvalue weighted by molar-refractivity contribution is 7.07. The number of nitrogens with zero attached hydrogens (tertiary/aromatic N) is 2. The topological polar surface area (TPSA) is 123 Å². The summed E-state index contributed by atoms with van der Waals surface area (Å²) in [5, 5.41) is 12.4. The Morgan fingerprint density at radius 3 is 2.45 bits per heavy atom. The number of para-hydroxylation sites is 1.